The van der Waals surface area contributed by atoms with E-state index in [2.05, 4.69) is 69.4 Å². The Morgan fingerprint density at radius 1 is 0.278 bits per heavy atom. The van der Waals surface area contributed by atoms with E-state index in [9.17, 15) is 14.4 Å². The summed E-state index contributed by atoms with van der Waals surface area (Å²) in [5.74, 6) is -0.859. The first-order chi connectivity index (χ1) is 35.5. The van der Waals surface area contributed by atoms with Crippen LogP contribution >= 0.6 is 0 Å². The zero-order chi connectivity index (χ0) is 52.2. The molecule has 0 amide bonds. The van der Waals surface area contributed by atoms with E-state index in [1.54, 1.807) is 0 Å². The zero-order valence-corrected chi connectivity index (χ0v) is 48.2. The summed E-state index contributed by atoms with van der Waals surface area (Å²) >= 11 is 0. The maximum atomic E-state index is 12.9. The molecule has 0 radical (unpaired) electrons. The highest BCUT2D eigenvalue weighted by molar-refractivity contribution is 5.71. The summed E-state index contributed by atoms with van der Waals surface area (Å²) < 4.78 is 16.9. The predicted molar refractivity (Wildman–Crippen MR) is 312 cm³/mol. The van der Waals surface area contributed by atoms with Gasteiger partial charge in [-0.25, -0.2) is 0 Å². The minimum atomic E-state index is -0.774. The lowest BCUT2D eigenvalue weighted by Crippen LogP contribution is -2.30. The van der Waals surface area contributed by atoms with Gasteiger partial charge in [-0.15, -0.1) is 0 Å². The van der Waals surface area contributed by atoms with E-state index in [1.165, 1.54) is 225 Å². The van der Waals surface area contributed by atoms with Gasteiger partial charge in [0.1, 0.15) is 13.2 Å². The van der Waals surface area contributed by atoms with Crippen LogP contribution in [0.2, 0.25) is 0 Å². The lowest BCUT2D eigenvalue weighted by Gasteiger charge is -2.18. The fourth-order valence-electron chi connectivity index (χ4n) is 9.27. The molecule has 6 heteroatoms. The minimum Gasteiger partial charge on any atom is -0.462 e. The van der Waals surface area contributed by atoms with Crippen molar-refractivity contribution in [2.75, 3.05) is 13.2 Å². The second-order valence-electron chi connectivity index (χ2n) is 21.3. The number of ether oxygens (including phenoxy) is 3. The maximum Gasteiger partial charge on any atom is 0.306 e. The first-order valence-corrected chi connectivity index (χ1v) is 31.6. The molecule has 0 N–H and O–H groups in total. The largest absolute Gasteiger partial charge is 0.462 e. The average Bonchev–Trinajstić information content (AvgIpc) is 3.38. The Labute approximate surface area is 448 Å². The van der Waals surface area contributed by atoms with Crippen molar-refractivity contribution in [1.82, 2.24) is 0 Å². The van der Waals surface area contributed by atoms with Gasteiger partial charge < -0.3 is 14.2 Å². The van der Waals surface area contributed by atoms with Crippen molar-refractivity contribution in [3.05, 3.63) is 48.6 Å². The van der Waals surface area contributed by atoms with E-state index in [0.29, 0.717) is 19.3 Å². The highest BCUT2D eigenvalue weighted by Crippen LogP contribution is 2.17. The van der Waals surface area contributed by atoms with Crippen LogP contribution in [0.4, 0.5) is 0 Å². The Balaban J connectivity index is 4.28. The quantitative estimate of drug-likeness (QED) is 0.0261. The van der Waals surface area contributed by atoms with E-state index < -0.39 is 6.10 Å². The monoisotopic (exact) mass is 1010 g/mol. The normalized spacial score (nSPS) is 12.3. The van der Waals surface area contributed by atoms with Crippen LogP contribution in [0.3, 0.4) is 0 Å². The topological polar surface area (TPSA) is 78.9 Å². The number of hydrogen-bond donors (Lipinski definition) is 0. The summed E-state index contributed by atoms with van der Waals surface area (Å²) in [5, 5.41) is 0. The average molecular weight is 1010 g/mol. The Bertz CT molecular complexity index is 1250. The van der Waals surface area contributed by atoms with Gasteiger partial charge >= 0.3 is 17.9 Å². The van der Waals surface area contributed by atoms with Crippen molar-refractivity contribution in [3.63, 3.8) is 0 Å². The van der Waals surface area contributed by atoms with Crippen LogP contribution in [0.15, 0.2) is 48.6 Å². The number of rotatable bonds is 58. The lowest BCUT2D eigenvalue weighted by molar-refractivity contribution is -0.167. The van der Waals surface area contributed by atoms with Crippen LogP contribution < -0.4 is 0 Å². The predicted octanol–water partition coefficient (Wildman–Crippen LogP) is 21.4. The molecule has 0 heterocycles. The molecule has 420 valence electrons. The number of esters is 3. The molecule has 0 fully saturated rings. The molecule has 0 aromatic carbocycles. The summed E-state index contributed by atoms with van der Waals surface area (Å²) in [6, 6.07) is 0. The van der Waals surface area contributed by atoms with Gasteiger partial charge in [0.25, 0.3) is 0 Å². The van der Waals surface area contributed by atoms with E-state index in [-0.39, 0.29) is 31.1 Å². The Morgan fingerprint density at radius 2 is 0.500 bits per heavy atom. The Morgan fingerprint density at radius 3 is 0.792 bits per heavy atom. The van der Waals surface area contributed by atoms with Crippen molar-refractivity contribution >= 4 is 17.9 Å². The number of unbranched alkanes of at least 4 members (excludes halogenated alkanes) is 39. The molecule has 0 aromatic heterocycles. The first-order valence-electron chi connectivity index (χ1n) is 31.6. The van der Waals surface area contributed by atoms with E-state index in [1.807, 2.05) is 0 Å². The fourth-order valence-corrected chi connectivity index (χ4v) is 9.27. The third-order valence-corrected chi connectivity index (χ3v) is 14.1. The van der Waals surface area contributed by atoms with Gasteiger partial charge in [-0.05, 0) is 83.5 Å². The van der Waals surface area contributed by atoms with Crippen LogP contribution in [0.25, 0.3) is 0 Å². The molecule has 1 atom stereocenters. The SMILES string of the molecule is CCCCC/C=C\C/C=C\CCCCCCCCCCCC(=O)OC(COC(=O)CCCCCCCCCCCCCC)COC(=O)CCCCCCCCCCCCC/C=C\C/C=C\CCCCCCC. The van der Waals surface area contributed by atoms with Crippen LogP contribution in [-0.2, 0) is 28.6 Å². The molecule has 72 heavy (non-hydrogen) atoms. The second-order valence-corrected chi connectivity index (χ2v) is 21.3. The van der Waals surface area contributed by atoms with Crippen LogP contribution in [0.5, 0.6) is 0 Å². The summed E-state index contributed by atoms with van der Waals surface area (Å²) in [7, 11) is 0. The van der Waals surface area contributed by atoms with Gasteiger partial charge in [0.2, 0.25) is 0 Å². The number of carbonyl (C=O) groups excluding carboxylic acids is 3. The molecule has 0 rings (SSSR count). The number of carbonyl (C=O) groups is 3. The van der Waals surface area contributed by atoms with Gasteiger partial charge in [-0.2, -0.15) is 0 Å². The lowest BCUT2D eigenvalue weighted by atomic mass is 10.0. The van der Waals surface area contributed by atoms with Gasteiger partial charge in [0, 0.05) is 19.3 Å². The molecule has 0 spiro atoms. The zero-order valence-electron chi connectivity index (χ0n) is 48.2. The molecular formula is C66H120O6. The Hall–Kier alpha value is -2.63. The molecule has 0 aromatic rings. The molecule has 0 saturated carbocycles. The second kappa shape index (κ2) is 60.9. The highest BCUT2D eigenvalue weighted by Gasteiger charge is 2.19. The molecule has 1 unspecified atom stereocenters. The van der Waals surface area contributed by atoms with Crippen molar-refractivity contribution in [3.8, 4) is 0 Å². The summed E-state index contributed by atoms with van der Waals surface area (Å²) in [4.78, 5) is 38.3. The van der Waals surface area contributed by atoms with Crippen molar-refractivity contribution < 1.29 is 28.6 Å². The van der Waals surface area contributed by atoms with E-state index in [4.69, 9.17) is 14.2 Å². The molecular weight excluding hydrogens is 889 g/mol. The summed E-state index contributed by atoms with van der Waals surface area (Å²) in [6.07, 6.45) is 75.4. The maximum absolute atomic E-state index is 12.9. The summed E-state index contributed by atoms with van der Waals surface area (Å²) in [5.41, 5.74) is 0. The molecule has 0 aliphatic rings. The van der Waals surface area contributed by atoms with Crippen LogP contribution in [-0.4, -0.2) is 37.2 Å². The van der Waals surface area contributed by atoms with Crippen molar-refractivity contribution in [1.29, 1.82) is 0 Å². The molecule has 0 saturated heterocycles. The van der Waals surface area contributed by atoms with Gasteiger partial charge in [-0.3, -0.25) is 14.4 Å². The first kappa shape index (κ1) is 69.4. The standard InChI is InChI=1S/C66H120O6/c1-4-7-10-13-16-19-22-25-27-29-31-32-33-34-36-37-39-41-44-47-50-53-56-59-65(68)71-62-63(61-70-64(67)58-55-52-49-46-43-24-21-18-15-12-9-6-3)72-66(69)60-57-54-51-48-45-42-40-38-35-30-28-26-23-20-17-14-11-8-5-2/h17,20,22,25-26,28-29,31,63H,4-16,18-19,21,23-24,27,30,32-62H2,1-3H3/b20-17-,25-22-,28-26-,31-29-. The molecule has 0 aliphatic heterocycles. The smallest absolute Gasteiger partial charge is 0.306 e. The van der Waals surface area contributed by atoms with E-state index >= 15 is 0 Å². The van der Waals surface area contributed by atoms with E-state index in [0.717, 1.165) is 70.6 Å². The van der Waals surface area contributed by atoms with Gasteiger partial charge in [0.15, 0.2) is 6.10 Å². The third kappa shape index (κ3) is 58.3. The van der Waals surface area contributed by atoms with Crippen LogP contribution in [0.1, 0.15) is 335 Å². The summed E-state index contributed by atoms with van der Waals surface area (Å²) in [6.45, 7) is 6.64. The minimum absolute atomic E-state index is 0.0717. The van der Waals surface area contributed by atoms with Crippen molar-refractivity contribution in [2.24, 2.45) is 0 Å². The Kier molecular flexibility index (Phi) is 58.7. The molecule has 6 nitrogen and oxygen atoms in total. The highest BCUT2D eigenvalue weighted by atomic mass is 16.6. The van der Waals surface area contributed by atoms with Gasteiger partial charge in [0.05, 0.1) is 0 Å². The molecule has 0 aliphatic carbocycles. The fraction of sp³-hybridized carbons (Fsp3) is 0.833. The van der Waals surface area contributed by atoms with Gasteiger partial charge in [-0.1, -0.05) is 281 Å². The third-order valence-electron chi connectivity index (χ3n) is 14.1. The number of hydrogen-bond acceptors (Lipinski definition) is 6. The number of allylic oxidation sites excluding steroid dienone is 8. The van der Waals surface area contributed by atoms with Crippen molar-refractivity contribution in [2.45, 2.75) is 341 Å². The molecule has 0 bridgehead atoms. The van der Waals surface area contributed by atoms with Crippen LogP contribution in [0, 0.1) is 0 Å².